The topological polar surface area (TPSA) is 110 Å². The van der Waals surface area contributed by atoms with E-state index < -0.39 is 10.0 Å². The van der Waals surface area contributed by atoms with Gasteiger partial charge in [0.15, 0.2) is 0 Å². The molecule has 1 saturated heterocycles. The number of morpholine rings is 1. The molecule has 0 unspecified atom stereocenters. The first-order valence-corrected chi connectivity index (χ1v) is 13.2. The summed E-state index contributed by atoms with van der Waals surface area (Å²) in [7, 11) is 1.10. The number of likely N-dealkylation sites (N-methyl/N-ethyl adjacent to an activating group) is 1. The number of H-pyrrole nitrogens is 1. The molecule has 190 valence electrons. The molecule has 10 nitrogen and oxygen atoms in total. The van der Waals surface area contributed by atoms with Crippen molar-refractivity contribution < 1.29 is 17.9 Å². The highest BCUT2D eigenvalue weighted by atomic mass is 32.2. The van der Waals surface area contributed by atoms with E-state index in [9.17, 15) is 13.2 Å². The Bertz CT molecular complexity index is 1360. The Kier molecular flexibility index (Phi) is 7.60. The van der Waals surface area contributed by atoms with Crippen LogP contribution in [0.2, 0.25) is 0 Å². The summed E-state index contributed by atoms with van der Waals surface area (Å²) in [5, 5.41) is 5.26. The highest BCUT2D eigenvalue weighted by Crippen LogP contribution is 2.33. The first kappa shape index (κ1) is 25.4. The van der Waals surface area contributed by atoms with Gasteiger partial charge in [0, 0.05) is 51.2 Å². The molecule has 1 aliphatic heterocycles. The lowest BCUT2D eigenvalue weighted by atomic mass is 10.1. The van der Waals surface area contributed by atoms with Crippen LogP contribution in [0.4, 0.5) is 0 Å². The van der Waals surface area contributed by atoms with Gasteiger partial charge >= 0.3 is 0 Å². The van der Waals surface area contributed by atoms with Crippen LogP contribution in [0.5, 0.6) is 5.75 Å². The Labute approximate surface area is 205 Å². The molecule has 35 heavy (non-hydrogen) atoms. The van der Waals surface area contributed by atoms with Gasteiger partial charge in [-0.05, 0) is 30.7 Å². The molecule has 3 heterocycles. The minimum Gasteiger partial charge on any atom is -0.496 e. The van der Waals surface area contributed by atoms with E-state index in [-0.39, 0.29) is 10.5 Å². The number of aromatic nitrogens is 3. The standard InChI is InChI=1S/C24H33N5O5S/c1-5-6-20-19-16-21(25-24(30)23(19)28(3)26-20)18-15-17(7-8-22(18)33-4)35(31,32)27(2)9-10-29-11-13-34-14-12-29/h7-8,15-16H,5-6,9-14H2,1-4H3,(H,25,30). The summed E-state index contributed by atoms with van der Waals surface area (Å²) >= 11 is 0. The zero-order chi connectivity index (χ0) is 25.2. The van der Waals surface area contributed by atoms with Gasteiger partial charge in [-0.25, -0.2) is 8.42 Å². The molecule has 0 aliphatic carbocycles. The molecule has 1 aliphatic rings. The molecule has 0 amide bonds. The predicted molar refractivity (Wildman–Crippen MR) is 134 cm³/mol. The second-order valence-electron chi connectivity index (χ2n) is 8.74. The minimum absolute atomic E-state index is 0.138. The zero-order valence-corrected chi connectivity index (χ0v) is 21.5. The molecule has 0 radical (unpaired) electrons. The van der Waals surface area contributed by atoms with Crippen LogP contribution in [0.3, 0.4) is 0 Å². The van der Waals surface area contributed by atoms with Crippen LogP contribution >= 0.6 is 0 Å². The largest absolute Gasteiger partial charge is 0.496 e. The molecule has 1 N–H and O–H groups in total. The Morgan fingerprint density at radius 3 is 2.66 bits per heavy atom. The van der Waals surface area contributed by atoms with E-state index in [4.69, 9.17) is 9.47 Å². The molecule has 3 aromatic rings. The van der Waals surface area contributed by atoms with Crippen molar-refractivity contribution in [3.63, 3.8) is 0 Å². The first-order chi connectivity index (χ1) is 16.8. The van der Waals surface area contributed by atoms with Gasteiger partial charge in [0.1, 0.15) is 11.3 Å². The number of methoxy groups -OCH3 is 1. The monoisotopic (exact) mass is 503 g/mol. The summed E-state index contributed by atoms with van der Waals surface area (Å²) in [4.78, 5) is 18.2. The number of rotatable bonds is 9. The van der Waals surface area contributed by atoms with Crippen molar-refractivity contribution in [1.29, 1.82) is 0 Å². The minimum atomic E-state index is -3.75. The predicted octanol–water partition coefficient (Wildman–Crippen LogP) is 1.84. The number of aromatic amines is 1. The molecule has 0 atom stereocenters. The van der Waals surface area contributed by atoms with Crippen LogP contribution in [0, 0.1) is 0 Å². The molecule has 11 heteroatoms. The number of fused-ring (bicyclic) bond motifs is 1. The maximum Gasteiger partial charge on any atom is 0.274 e. The summed E-state index contributed by atoms with van der Waals surface area (Å²) in [6.07, 6.45) is 1.63. The highest BCUT2D eigenvalue weighted by molar-refractivity contribution is 7.89. The Balaban J connectivity index is 1.70. The number of sulfonamides is 1. The average Bonchev–Trinajstić information content (AvgIpc) is 3.18. The van der Waals surface area contributed by atoms with Gasteiger partial charge in [0.25, 0.3) is 5.56 Å². The van der Waals surface area contributed by atoms with E-state index in [1.807, 2.05) is 6.07 Å². The SMILES string of the molecule is CCCc1nn(C)c2c(=O)[nH]c(-c3cc(S(=O)(=O)N(C)CCN4CCOCC4)ccc3OC)cc12. The fourth-order valence-corrected chi connectivity index (χ4v) is 5.60. The Morgan fingerprint density at radius 1 is 1.23 bits per heavy atom. The van der Waals surface area contributed by atoms with E-state index in [2.05, 4.69) is 21.9 Å². The third kappa shape index (κ3) is 5.13. The number of nitrogens with zero attached hydrogens (tertiary/aromatic N) is 4. The van der Waals surface area contributed by atoms with Gasteiger partial charge < -0.3 is 14.5 Å². The van der Waals surface area contributed by atoms with Crippen LogP contribution in [-0.4, -0.2) is 85.9 Å². The fraction of sp³-hybridized carbons (Fsp3) is 0.500. The average molecular weight is 504 g/mol. The molecular formula is C24H33N5O5S. The van der Waals surface area contributed by atoms with Crippen LogP contribution in [0.25, 0.3) is 22.2 Å². The van der Waals surface area contributed by atoms with Crippen molar-refractivity contribution >= 4 is 20.9 Å². The summed E-state index contributed by atoms with van der Waals surface area (Å²) in [5.74, 6) is 0.468. The third-order valence-corrected chi connectivity index (χ3v) is 8.26. The molecule has 4 rings (SSSR count). The number of aryl methyl sites for hydroxylation is 2. The number of benzene rings is 1. The molecule has 0 bridgehead atoms. The van der Waals surface area contributed by atoms with Crippen LogP contribution < -0.4 is 10.3 Å². The van der Waals surface area contributed by atoms with E-state index in [0.29, 0.717) is 48.8 Å². The summed E-state index contributed by atoms with van der Waals surface area (Å²) in [6.45, 7) is 5.97. The molecule has 1 aromatic carbocycles. The molecule has 0 saturated carbocycles. The maximum absolute atomic E-state index is 13.4. The first-order valence-electron chi connectivity index (χ1n) is 11.8. The third-order valence-electron chi connectivity index (χ3n) is 6.40. The van der Waals surface area contributed by atoms with E-state index in [1.54, 1.807) is 30.9 Å². The maximum atomic E-state index is 13.4. The Hall–Kier alpha value is -2.73. The second-order valence-corrected chi connectivity index (χ2v) is 10.8. The molecule has 0 spiro atoms. The molecule has 2 aromatic heterocycles. The smallest absolute Gasteiger partial charge is 0.274 e. The molecular weight excluding hydrogens is 470 g/mol. The van der Waals surface area contributed by atoms with Gasteiger partial charge in [-0.1, -0.05) is 13.3 Å². The number of pyridine rings is 1. The normalized spacial score (nSPS) is 15.2. The van der Waals surface area contributed by atoms with Crippen molar-refractivity contribution in [3.8, 4) is 17.0 Å². The van der Waals surface area contributed by atoms with Crippen molar-refractivity contribution in [1.82, 2.24) is 24.0 Å². The van der Waals surface area contributed by atoms with E-state index >= 15 is 0 Å². The van der Waals surface area contributed by atoms with Crippen molar-refractivity contribution in [2.24, 2.45) is 7.05 Å². The van der Waals surface area contributed by atoms with Gasteiger partial charge in [0.05, 0.1) is 36.6 Å². The van der Waals surface area contributed by atoms with E-state index in [0.717, 1.165) is 37.0 Å². The number of hydrogen-bond acceptors (Lipinski definition) is 7. The number of hydrogen-bond donors (Lipinski definition) is 1. The van der Waals surface area contributed by atoms with Crippen molar-refractivity contribution in [2.45, 2.75) is 24.7 Å². The van der Waals surface area contributed by atoms with Crippen molar-refractivity contribution in [2.75, 3.05) is 53.6 Å². The number of nitrogens with one attached hydrogen (secondary N) is 1. The zero-order valence-electron chi connectivity index (χ0n) is 20.7. The lowest BCUT2D eigenvalue weighted by Crippen LogP contribution is -2.41. The van der Waals surface area contributed by atoms with Gasteiger partial charge in [-0.3, -0.25) is 14.4 Å². The number of ether oxygens (including phenoxy) is 2. The Morgan fingerprint density at radius 2 is 1.97 bits per heavy atom. The summed E-state index contributed by atoms with van der Waals surface area (Å²) < 4.78 is 40.6. The van der Waals surface area contributed by atoms with Gasteiger partial charge in [-0.15, -0.1) is 0 Å². The quantitative estimate of drug-likeness (QED) is 0.475. The summed E-state index contributed by atoms with van der Waals surface area (Å²) in [6, 6.07) is 6.57. The van der Waals surface area contributed by atoms with Gasteiger partial charge in [-0.2, -0.15) is 9.40 Å². The lowest BCUT2D eigenvalue weighted by molar-refractivity contribution is 0.0368. The second kappa shape index (κ2) is 10.5. The summed E-state index contributed by atoms with van der Waals surface area (Å²) in [5.41, 5.74) is 2.02. The highest BCUT2D eigenvalue weighted by Gasteiger charge is 2.24. The van der Waals surface area contributed by atoms with Crippen molar-refractivity contribution in [3.05, 3.63) is 40.3 Å². The fourth-order valence-electron chi connectivity index (χ4n) is 4.41. The van der Waals surface area contributed by atoms with Crippen LogP contribution in [0.15, 0.2) is 34.0 Å². The lowest BCUT2D eigenvalue weighted by Gasteiger charge is -2.28. The van der Waals surface area contributed by atoms with Gasteiger partial charge in [0.2, 0.25) is 10.0 Å². The van der Waals surface area contributed by atoms with E-state index in [1.165, 1.54) is 17.5 Å². The molecule has 1 fully saturated rings. The van der Waals surface area contributed by atoms with Crippen LogP contribution in [0.1, 0.15) is 19.0 Å². The van der Waals surface area contributed by atoms with Crippen LogP contribution in [-0.2, 0) is 28.2 Å².